The smallest absolute Gasteiger partial charge is 0.150 e. The van der Waals surface area contributed by atoms with E-state index in [1.807, 2.05) is 30.3 Å². The van der Waals surface area contributed by atoms with Gasteiger partial charge < -0.3 is 5.32 Å². The maximum Gasteiger partial charge on any atom is 0.150 e. The lowest BCUT2D eigenvalue weighted by Gasteiger charge is -2.06. The summed E-state index contributed by atoms with van der Waals surface area (Å²) < 4.78 is 26.3. The lowest BCUT2D eigenvalue weighted by Crippen LogP contribution is -2.02. The molecule has 0 atom stereocenters. The first-order chi connectivity index (χ1) is 9.16. The maximum absolute atomic E-state index is 13.4. The topological polar surface area (TPSA) is 12.0 Å². The molecule has 2 aromatic rings. The predicted molar refractivity (Wildman–Crippen MR) is 73.2 cm³/mol. The molecule has 0 aliphatic rings. The van der Waals surface area contributed by atoms with Crippen molar-refractivity contribution in [2.24, 2.45) is 0 Å². The highest BCUT2D eigenvalue weighted by molar-refractivity contribution is 6.33. The van der Waals surface area contributed by atoms with Crippen LogP contribution in [0.3, 0.4) is 0 Å². The second-order valence-electron chi connectivity index (χ2n) is 3.77. The summed E-state index contributed by atoms with van der Waals surface area (Å²) in [5.41, 5.74) is 0.931. The van der Waals surface area contributed by atoms with E-state index in [2.05, 4.69) is 17.2 Å². The number of rotatable bonds is 2. The molecule has 0 aromatic heterocycles. The van der Waals surface area contributed by atoms with Gasteiger partial charge in [0.2, 0.25) is 0 Å². The minimum absolute atomic E-state index is 0.000916. The second kappa shape index (κ2) is 6.21. The Balaban J connectivity index is 2.03. The maximum atomic E-state index is 13.4. The van der Waals surface area contributed by atoms with Crippen LogP contribution in [0.2, 0.25) is 5.02 Å². The molecule has 0 amide bonds. The summed E-state index contributed by atoms with van der Waals surface area (Å²) in [6, 6.07) is 11.2. The van der Waals surface area contributed by atoms with Crippen molar-refractivity contribution < 1.29 is 8.78 Å². The standard InChI is InChI=1S/C15H10ClF2N/c16-13-9-12(17)10-14(18)15(13)19-8-4-7-11-5-2-1-3-6-11/h1-3,5-6,9-10,19H,8H2. The molecule has 0 fully saturated rings. The quantitative estimate of drug-likeness (QED) is 0.816. The molecule has 2 rings (SSSR count). The predicted octanol–water partition coefficient (Wildman–Crippen LogP) is 4.08. The summed E-state index contributed by atoms with van der Waals surface area (Å²) in [6.45, 7) is 0.219. The Bertz CT molecular complexity index is 607. The van der Waals surface area contributed by atoms with Gasteiger partial charge in [0.25, 0.3) is 0 Å². The Morgan fingerprint density at radius 2 is 1.84 bits per heavy atom. The van der Waals surface area contributed by atoms with Crippen LogP contribution in [0.15, 0.2) is 42.5 Å². The molecule has 1 nitrogen and oxygen atoms in total. The van der Waals surface area contributed by atoms with Gasteiger partial charge >= 0.3 is 0 Å². The van der Waals surface area contributed by atoms with Crippen molar-refractivity contribution in [3.05, 3.63) is 64.7 Å². The van der Waals surface area contributed by atoms with Crippen molar-refractivity contribution in [3.63, 3.8) is 0 Å². The van der Waals surface area contributed by atoms with Gasteiger partial charge in [-0.25, -0.2) is 8.78 Å². The molecule has 0 heterocycles. The third-order valence-electron chi connectivity index (χ3n) is 2.37. The summed E-state index contributed by atoms with van der Waals surface area (Å²) in [6.07, 6.45) is 0. The molecule has 0 saturated heterocycles. The lowest BCUT2D eigenvalue weighted by atomic mass is 10.2. The van der Waals surface area contributed by atoms with Crippen molar-refractivity contribution in [1.82, 2.24) is 0 Å². The van der Waals surface area contributed by atoms with Crippen molar-refractivity contribution in [1.29, 1.82) is 0 Å². The highest BCUT2D eigenvalue weighted by Crippen LogP contribution is 2.25. The highest BCUT2D eigenvalue weighted by Gasteiger charge is 2.08. The number of hydrogen-bond acceptors (Lipinski definition) is 1. The van der Waals surface area contributed by atoms with Crippen LogP contribution in [-0.2, 0) is 0 Å². The molecule has 0 aliphatic heterocycles. The fourth-order valence-corrected chi connectivity index (χ4v) is 1.77. The van der Waals surface area contributed by atoms with E-state index in [4.69, 9.17) is 11.6 Å². The van der Waals surface area contributed by atoms with Crippen molar-refractivity contribution in [3.8, 4) is 11.8 Å². The average molecular weight is 278 g/mol. The first kappa shape index (κ1) is 13.4. The van der Waals surface area contributed by atoms with Crippen LogP contribution in [-0.4, -0.2) is 6.54 Å². The summed E-state index contributed by atoms with van der Waals surface area (Å²) in [4.78, 5) is 0. The van der Waals surface area contributed by atoms with Crippen LogP contribution in [0.1, 0.15) is 5.56 Å². The first-order valence-corrected chi connectivity index (χ1v) is 5.97. The van der Waals surface area contributed by atoms with Gasteiger partial charge in [-0.1, -0.05) is 41.6 Å². The number of anilines is 1. The fourth-order valence-electron chi connectivity index (χ4n) is 1.51. The van der Waals surface area contributed by atoms with Crippen LogP contribution in [0, 0.1) is 23.5 Å². The van der Waals surface area contributed by atoms with E-state index in [9.17, 15) is 8.78 Å². The number of nitrogens with one attached hydrogen (secondary N) is 1. The second-order valence-corrected chi connectivity index (χ2v) is 4.17. The zero-order valence-corrected chi connectivity index (χ0v) is 10.6. The van der Waals surface area contributed by atoms with Crippen LogP contribution in [0.25, 0.3) is 0 Å². The Morgan fingerprint density at radius 3 is 2.53 bits per heavy atom. The van der Waals surface area contributed by atoms with E-state index in [1.165, 1.54) is 0 Å². The molecule has 4 heteroatoms. The third-order valence-corrected chi connectivity index (χ3v) is 2.67. The van der Waals surface area contributed by atoms with E-state index in [-0.39, 0.29) is 17.3 Å². The van der Waals surface area contributed by atoms with Gasteiger partial charge in [-0.05, 0) is 18.2 Å². The number of hydrogen-bond donors (Lipinski definition) is 1. The normalized spacial score (nSPS) is 9.63. The Kier molecular flexibility index (Phi) is 4.38. The summed E-state index contributed by atoms with van der Waals surface area (Å²) in [7, 11) is 0. The van der Waals surface area contributed by atoms with Crippen LogP contribution < -0.4 is 5.32 Å². The van der Waals surface area contributed by atoms with Crippen LogP contribution in [0.4, 0.5) is 14.5 Å². The molecular formula is C15H10ClF2N. The third kappa shape index (κ3) is 3.70. The molecule has 0 bridgehead atoms. The Morgan fingerprint density at radius 1 is 1.11 bits per heavy atom. The summed E-state index contributed by atoms with van der Waals surface area (Å²) in [5.74, 6) is 4.32. The summed E-state index contributed by atoms with van der Waals surface area (Å²) >= 11 is 5.74. The SMILES string of the molecule is Fc1cc(F)c(NCC#Cc2ccccc2)c(Cl)c1. The lowest BCUT2D eigenvalue weighted by molar-refractivity contribution is 0.585. The number of halogens is 3. The molecule has 0 spiro atoms. The number of benzene rings is 2. The van der Waals surface area contributed by atoms with Gasteiger partial charge in [0, 0.05) is 11.6 Å². The highest BCUT2D eigenvalue weighted by atomic mass is 35.5. The van der Waals surface area contributed by atoms with Crippen LogP contribution in [0.5, 0.6) is 0 Å². The molecule has 0 aliphatic carbocycles. The van der Waals surface area contributed by atoms with Crippen molar-refractivity contribution in [2.75, 3.05) is 11.9 Å². The van der Waals surface area contributed by atoms with E-state index in [1.54, 1.807) is 0 Å². The summed E-state index contributed by atoms with van der Waals surface area (Å²) in [5, 5.41) is 2.73. The molecule has 2 aromatic carbocycles. The molecule has 0 saturated carbocycles. The fraction of sp³-hybridized carbons (Fsp3) is 0.0667. The average Bonchev–Trinajstić information content (AvgIpc) is 2.38. The Labute approximate surface area is 115 Å². The Hall–Kier alpha value is -2.05. The van der Waals surface area contributed by atoms with Crippen LogP contribution >= 0.6 is 11.6 Å². The molecule has 0 radical (unpaired) electrons. The van der Waals surface area contributed by atoms with Crippen molar-refractivity contribution >= 4 is 17.3 Å². The van der Waals surface area contributed by atoms with Crippen molar-refractivity contribution in [2.45, 2.75) is 0 Å². The van der Waals surface area contributed by atoms with Gasteiger partial charge in [0.05, 0.1) is 17.3 Å². The van der Waals surface area contributed by atoms with E-state index >= 15 is 0 Å². The molecule has 1 N–H and O–H groups in total. The van der Waals surface area contributed by atoms with Gasteiger partial charge in [-0.15, -0.1) is 0 Å². The molecule has 19 heavy (non-hydrogen) atoms. The minimum Gasteiger partial charge on any atom is -0.371 e. The molecule has 96 valence electrons. The largest absolute Gasteiger partial charge is 0.371 e. The monoisotopic (exact) mass is 277 g/mol. The molecular weight excluding hydrogens is 268 g/mol. The van der Waals surface area contributed by atoms with Gasteiger partial charge in [0.15, 0.2) is 5.82 Å². The van der Waals surface area contributed by atoms with Gasteiger partial charge in [-0.2, -0.15) is 0 Å². The zero-order chi connectivity index (χ0) is 13.7. The van der Waals surface area contributed by atoms with Gasteiger partial charge in [0.1, 0.15) is 5.82 Å². The molecule has 0 unspecified atom stereocenters. The van der Waals surface area contributed by atoms with E-state index < -0.39 is 11.6 Å². The first-order valence-electron chi connectivity index (χ1n) is 5.59. The zero-order valence-electron chi connectivity index (χ0n) is 9.88. The van der Waals surface area contributed by atoms with Gasteiger partial charge in [-0.3, -0.25) is 0 Å². The van der Waals surface area contributed by atoms with E-state index in [0.29, 0.717) is 0 Å². The minimum atomic E-state index is -0.730. The van der Waals surface area contributed by atoms with E-state index in [0.717, 1.165) is 17.7 Å².